The highest BCUT2D eigenvalue weighted by Gasteiger charge is 2.28. The van der Waals surface area contributed by atoms with Gasteiger partial charge in [0.15, 0.2) is 0 Å². The van der Waals surface area contributed by atoms with E-state index in [0.717, 1.165) is 12.0 Å². The number of rotatable bonds is 19. The van der Waals surface area contributed by atoms with Gasteiger partial charge in [-0.1, -0.05) is 48.0 Å². The maximum absolute atomic E-state index is 13.4. The molecule has 10 N–H and O–H groups in total. The summed E-state index contributed by atoms with van der Waals surface area (Å²) in [5.74, 6) is -4.98. The lowest BCUT2D eigenvalue weighted by atomic mass is 10.0. The minimum Gasteiger partial charge on any atom is -0.480 e. The molecule has 0 bridgehead atoms. The molecule has 3 rings (SSSR count). The Bertz CT molecular complexity index is 1730. The van der Waals surface area contributed by atoms with Gasteiger partial charge in [0.1, 0.15) is 24.7 Å². The molecule has 0 radical (unpaired) electrons. The summed E-state index contributed by atoms with van der Waals surface area (Å²) in [6.45, 7) is 2.72. The number of hydrogen-bond acceptors (Lipinski definition) is 10. The molecule has 2 aromatic carbocycles. The third-order valence-electron chi connectivity index (χ3n) is 8.04. The van der Waals surface area contributed by atoms with E-state index in [1.165, 1.54) is 19.1 Å². The van der Waals surface area contributed by atoms with Crippen LogP contribution in [0.25, 0.3) is 0 Å². The first-order valence-electron chi connectivity index (χ1n) is 17.0. The molecule has 5 amide bonds. The standard InChI is InChI=1S/C34H47N9O9S/c1-21-12-14-24(15-13-21)53(51,52)43-34(35)37-17-7-11-26(41-28(44)19-38-31(48)25-10-6-16-36-25)33(50)40-22(2)30(47)42-27(32(49)39-20-29(45)46)18-23-8-4-3-5-9-23/h3-5,8-9,12-15,22,25-27,36H,6-7,10-11,16-20H2,1-2H3,(H,38,48)(H,39,49)(H,40,50)(H,41,44)(H,42,47)(H,45,46)(H3,35,37,43)/t22-,25-,26-,27-/m0/s1. The third kappa shape index (κ3) is 14.5. The van der Waals surface area contributed by atoms with E-state index in [0.29, 0.717) is 18.5 Å². The molecule has 1 aliphatic rings. The molecule has 19 heteroatoms. The molecule has 18 nitrogen and oxygen atoms in total. The molecule has 0 unspecified atom stereocenters. The number of nitrogens with one attached hydrogen (secondary N) is 7. The summed E-state index contributed by atoms with van der Waals surface area (Å²) < 4.78 is 27.4. The quantitative estimate of drug-likeness (QED) is 0.0436. The zero-order valence-electron chi connectivity index (χ0n) is 29.5. The zero-order chi connectivity index (χ0) is 39.0. The van der Waals surface area contributed by atoms with Crippen molar-refractivity contribution in [2.45, 2.75) is 75.0 Å². The first kappa shape index (κ1) is 41.9. The predicted octanol–water partition coefficient (Wildman–Crippen LogP) is -1.85. The third-order valence-corrected chi connectivity index (χ3v) is 9.41. The SMILES string of the molecule is Cc1ccc(S(=O)(=O)NC(N)=NCCC[C@H](NC(=O)CNC(=O)[C@@H]2CCCN2)C(=O)N[C@@H](C)C(=O)N[C@@H](Cc2ccccc2)C(=O)NCC(=O)O)cc1. The number of benzene rings is 2. The number of carbonyl (C=O) groups is 6. The van der Waals surface area contributed by atoms with Crippen molar-refractivity contribution >= 4 is 51.5 Å². The van der Waals surface area contributed by atoms with Crippen molar-refractivity contribution < 1.29 is 42.3 Å². The monoisotopic (exact) mass is 757 g/mol. The van der Waals surface area contributed by atoms with Gasteiger partial charge < -0.3 is 42.7 Å². The van der Waals surface area contributed by atoms with E-state index in [2.05, 4.69) is 41.6 Å². The molecule has 1 fully saturated rings. The number of carbonyl (C=O) groups excluding carboxylic acids is 5. The Labute approximate surface area is 307 Å². The van der Waals surface area contributed by atoms with Gasteiger partial charge in [0.2, 0.25) is 35.5 Å². The number of sulfonamides is 1. The molecular weight excluding hydrogens is 710 g/mol. The summed E-state index contributed by atoms with van der Waals surface area (Å²) in [5.41, 5.74) is 7.36. The Balaban J connectivity index is 1.65. The summed E-state index contributed by atoms with van der Waals surface area (Å²) in [5, 5.41) is 24.4. The van der Waals surface area contributed by atoms with Crippen LogP contribution in [0.4, 0.5) is 0 Å². The molecule has 53 heavy (non-hydrogen) atoms. The van der Waals surface area contributed by atoms with E-state index >= 15 is 0 Å². The Kier molecular flexibility index (Phi) is 16.2. The summed E-state index contributed by atoms with van der Waals surface area (Å²) in [7, 11) is -3.99. The van der Waals surface area contributed by atoms with Crippen molar-refractivity contribution in [2.75, 3.05) is 26.2 Å². The van der Waals surface area contributed by atoms with Crippen LogP contribution in [0.15, 0.2) is 64.5 Å². The van der Waals surface area contributed by atoms with Gasteiger partial charge in [0, 0.05) is 13.0 Å². The second-order valence-corrected chi connectivity index (χ2v) is 14.1. The second-order valence-electron chi connectivity index (χ2n) is 12.4. The summed E-state index contributed by atoms with van der Waals surface area (Å²) in [6.07, 6.45) is 1.58. The van der Waals surface area contributed by atoms with Crippen LogP contribution in [-0.4, -0.2) is 105 Å². The van der Waals surface area contributed by atoms with Gasteiger partial charge in [0.25, 0.3) is 10.0 Å². The minimum atomic E-state index is -3.99. The number of aliphatic imine (C=N–C) groups is 1. The highest BCUT2D eigenvalue weighted by Crippen LogP contribution is 2.10. The number of aryl methyl sites for hydroxylation is 1. The fraction of sp³-hybridized carbons (Fsp3) is 0.441. The van der Waals surface area contributed by atoms with Crippen LogP contribution >= 0.6 is 0 Å². The molecule has 2 aromatic rings. The first-order valence-corrected chi connectivity index (χ1v) is 18.5. The molecule has 4 atom stereocenters. The average molecular weight is 758 g/mol. The molecule has 0 spiro atoms. The van der Waals surface area contributed by atoms with E-state index in [4.69, 9.17) is 10.8 Å². The molecular formula is C34H47N9O9S. The van der Waals surface area contributed by atoms with Crippen LogP contribution in [0, 0.1) is 6.92 Å². The topological polar surface area (TPSA) is 279 Å². The smallest absolute Gasteiger partial charge is 0.322 e. The highest BCUT2D eigenvalue weighted by molar-refractivity contribution is 7.90. The Morgan fingerprint density at radius 3 is 2.25 bits per heavy atom. The lowest BCUT2D eigenvalue weighted by molar-refractivity contribution is -0.138. The van der Waals surface area contributed by atoms with Crippen LogP contribution in [-0.2, 0) is 45.2 Å². The lowest BCUT2D eigenvalue weighted by Gasteiger charge is -2.23. The molecule has 1 saturated heterocycles. The van der Waals surface area contributed by atoms with E-state index < -0.39 is 76.9 Å². The summed E-state index contributed by atoms with van der Waals surface area (Å²) >= 11 is 0. The van der Waals surface area contributed by atoms with Gasteiger partial charge in [-0.05, 0) is 63.8 Å². The van der Waals surface area contributed by atoms with Gasteiger partial charge in [-0.2, -0.15) is 0 Å². The number of hydrogen-bond donors (Lipinski definition) is 9. The minimum absolute atomic E-state index is 0.0121. The molecule has 1 aliphatic heterocycles. The number of amides is 5. The number of guanidine groups is 1. The largest absolute Gasteiger partial charge is 0.480 e. The Hall–Kier alpha value is -5.56. The number of aliphatic carboxylic acids is 1. The first-order chi connectivity index (χ1) is 25.1. The van der Waals surface area contributed by atoms with Crippen molar-refractivity contribution in [3.05, 3.63) is 65.7 Å². The summed E-state index contributed by atoms with van der Waals surface area (Å²) in [6, 6.07) is 10.8. The molecule has 1 heterocycles. The van der Waals surface area contributed by atoms with Crippen LogP contribution in [0.1, 0.15) is 43.7 Å². The van der Waals surface area contributed by atoms with E-state index in [1.54, 1.807) is 42.5 Å². The van der Waals surface area contributed by atoms with E-state index in [1.807, 2.05) is 6.92 Å². The predicted molar refractivity (Wildman–Crippen MR) is 194 cm³/mol. The lowest BCUT2D eigenvalue weighted by Crippen LogP contribution is -2.57. The Morgan fingerprint density at radius 2 is 1.60 bits per heavy atom. The maximum Gasteiger partial charge on any atom is 0.322 e. The van der Waals surface area contributed by atoms with Gasteiger partial charge in [-0.25, -0.2) is 13.1 Å². The number of nitrogens with zero attached hydrogens (tertiary/aromatic N) is 1. The van der Waals surface area contributed by atoms with Crippen molar-refractivity contribution in [1.82, 2.24) is 36.6 Å². The van der Waals surface area contributed by atoms with E-state index in [-0.39, 0.29) is 42.6 Å². The zero-order valence-corrected chi connectivity index (χ0v) is 30.3. The summed E-state index contributed by atoms with van der Waals surface area (Å²) in [4.78, 5) is 79.7. The van der Waals surface area contributed by atoms with Gasteiger partial charge in [0.05, 0.1) is 17.5 Å². The van der Waals surface area contributed by atoms with Crippen molar-refractivity contribution in [3.8, 4) is 0 Å². The molecule has 0 aliphatic carbocycles. The van der Waals surface area contributed by atoms with Gasteiger partial charge in [-0.3, -0.25) is 33.8 Å². The fourth-order valence-corrected chi connectivity index (χ4v) is 6.13. The average Bonchev–Trinajstić information content (AvgIpc) is 3.66. The number of carboxylic acid groups (broad SMARTS) is 1. The maximum atomic E-state index is 13.4. The second kappa shape index (κ2) is 20.5. The Morgan fingerprint density at radius 1 is 0.906 bits per heavy atom. The van der Waals surface area contributed by atoms with Gasteiger partial charge >= 0.3 is 5.97 Å². The van der Waals surface area contributed by atoms with Gasteiger partial charge in [-0.15, -0.1) is 0 Å². The van der Waals surface area contributed by atoms with Crippen LogP contribution < -0.4 is 42.4 Å². The number of nitrogens with two attached hydrogens (primary N) is 1. The molecule has 0 aromatic heterocycles. The number of carboxylic acids is 1. The van der Waals surface area contributed by atoms with Crippen molar-refractivity contribution in [1.29, 1.82) is 0 Å². The fourth-order valence-electron chi connectivity index (χ4n) is 5.18. The van der Waals surface area contributed by atoms with Crippen LogP contribution in [0.2, 0.25) is 0 Å². The highest BCUT2D eigenvalue weighted by atomic mass is 32.2. The molecule has 288 valence electrons. The van der Waals surface area contributed by atoms with Crippen molar-refractivity contribution in [3.63, 3.8) is 0 Å². The van der Waals surface area contributed by atoms with Crippen LogP contribution in [0.3, 0.4) is 0 Å². The normalized spacial score (nSPS) is 16.0. The van der Waals surface area contributed by atoms with Crippen molar-refractivity contribution in [2.24, 2.45) is 10.7 Å². The van der Waals surface area contributed by atoms with Crippen LogP contribution in [0.5, 0.6) is 0 Å². The van der Waals surface area contributed by atoms with E-state index in [9.17, 15) is 37.2 Å². The molecule has 0 saturated carbocycles.